The largest absolute Gasteiger partial charge is 0.480 e. The third-order valence-electron chi connectivity index (χ3n) is 13.6. The number of nitrogens with one attached hydrogen (secondary N) is 1. The number of esters is 4. The predicted octanol–water partition coefficient (Wildman–Crippen LogP) is 2.83. The van der Waals surface area contributed by atoms with Crippen LogP contribution >= 0.6 is 0 Å². The molecule has 19 heteroatoms. The second kappa shape index (κ2) is 18.7. The highest BCUT2D eigenvalue weighted by molar-refractivity contribution is 5.94. The number of fused-ring (bicyclic) bond motifs is 5. The summed E-state index contributed by atoms with van der Waals surface area (Å²) in [4.78, 5) is 97.0. The second-order valence-corrected chi connectivity index (χ2v) is 19.6. The fourth-order valence-electron chi connectivity index (χ4n) is 10.3. The summed E-state index contributed by atoms with van der Waals surface area (Å²) in [5.74, 6) is -8.01. The first-order valence-electron chi connectivity index (χ1n) is 21.9. The predicted molar refractivity (Wildman–Crippen MR) is 233 cm³/mol. The van der Waals surface area contributed by atoms with E-state index in [1.165, 1.54) is 59.0 Å². The van der Waals surface area contributed by atoms with Crippen LogP contribution in [-0.4, -0.2) is 147 Å². The van der Waals surface area contributed by atoms with Crippen LogP contribution in [-0.2, 0) is 52.4 Å². The number of alkyl carbamates (subject to hydrolysis) is 1. The van der Waals surface area contributed by atoms with E-state index in [2.05, 4.69) is 5.32 Å². The molecule has 0 radical (unpaired) electrons. The smallest absolute Gasteiger partial charge is 0.408 e. The van der Waals surface area contributed by atoms with Gasteiger partial charge < -0.3 is 54.2 Å². The molecule has 6 rings (SSSR count). The average molecular weight is 937 g/mol. The summed E-state index contributed by atoms with van der Waals surface area (Å²) in [6, 6.07) is 14.1. The molecule has 0 aromatic heterocycles. The first kappa shape index (κ1) is 50.7. The summed E-state index contributed by atoms with van der Waals surface area (Å²) in [6.45, 7) is 10.2. The Kier molecular flexibility index (Phi) is 14.2. The molecule has 0 unspecified atom stereocenters. The Hall–Kier alpha value is -5.73. The lowest BCUT2D eigenvalue weighted by Gasteiger charge is -2.67. The van der Waals surface area contributed by atoms with Gasteiger partial charge in [-0.05, 0) is 70.5 Å². The highest BCUT2D eigenvalue weighted by Gasteiger charge is 2.78. The van der Waals surface area contributed by atoms with Crippen LogP contribution in [0.1, 0.15) is 90.2 Å². The fraction of sp³-hybridized carbons (Fsp3) is 0.562. The van der Waals surface area contributed by atoms with Gasteiger partial charge in [0.2, 0.25) is 6.10 Å². The van der Waals surface area contributed by atoms with Gasteiger partial charge in [-0.1, -0.05) is 62.4 Å². The zero-order chi connectivity index (χ0) is 49.6. The van der Waals surface area contributed by atoms with E-state index in [0.717, 1.165) is 11.8 Å². The molecule has 0 spiro atoms. The minimum absolute atomic E-state index is 0.0344. The number of carboxylic acids is 1. The summed E-state index contributed by atoms with van der Waals surface area (Å²) in [5.41, 5.74) is -8.89. The van der Waals surface area contributed by atoms with Gasteiger partial charge >= 0.3 is 35.9 Å². The van der Waals surface area contributed by atoms with Crippen molar-refractivity contribution >= 4 is 41.7 Å². The molecule has 3 fully saturated rings. The molecule has 5 N–H and O–H groups in total. The highest BCUT2D eigenvalue weighted by atomic mass is 16.6. The summed E-state index contributed by atoms with van der Waals surface area (Å²) < 4.78 is 35.7. The van der Waals surface area contributed by atoms with E-state index in [4.69, 9.17) is 28.4 Å². The molecule has 2 aromatic carbocycles. The van der Waals surface area contributed by atoms with E-state index in [-0.39, 0.29) is 35.3 Å². The number of aliphatic hydroxyl groups is 3. The van der Waals surface area contributed by atoms with E-state index < -0.39 is 137 Å². The molecule has 19 nitrogen and oxygen atoms in total. The molecular formula is C48H60N2O17. The maximum absolute atomic E-state index is 15.2. The quantitative estimate of drug-likeness (QED) is 0.110. The fourth-order valence-corrected chi connectivity index (χ4v) is 10.3. The van der Waals surface area contributed by atoms with Crippen molar-refractivity contribution in [2.75, 3.05) is 26.7 Å². The van der Waals surface area contributed by atoms with Gasteiger partial charge in [0.15, 0.2) is 11.4 Å². The number of nitrogens with zero attached hydrogens (tertiary/aromatic N) is 1. The number of benzene rings is 2. The number of ether oxygens (including phenoxy) is 6. The van der Waals surface area contributed by atoms with Gasteiger partial charge in [-0.2, -0.15) is 0 Å². The average Bonchev–Trinajstić information content (AvgIpc) is 3.22. The van der Waals surface area contributed by atoms with Gasteiger partial charge in [0.1, 0.15) is 41.7 Å². The van der Waals surface area contributed by atoms with E-state index in [9.17, 15) is 49.2 Å². The number of carbonyl (C=O) groups is 7. The number of likely N-dealkylation sites (N-methyl/N-ethyl adjacent to an activating group) is 1. The van der Waals surface area contributed by atoms with Gasteiger partial charge in [0.05, 0.1) is 42.7 Å². The Morgan fingerprint density at radius 2 is 1.55 bits per heavy atom. The zero-order valence-electron chi connectivity index (χ0n) is 39.0. The van der Waals surface area contributed by atoms with Crippen LogP contribution in [0.25, 0.3) is 0 Å². The summed E-state index contributed by atoms with van der Waals surface area (Å²) in [7, 11) is 1.33. The Labute approximate surface area is 387 Å². The van der Waals surface area contributed by atoms with Crippen molar-refractivity contribution in [2.24, 2.45) is 16.7 Å². The van der Waals surface area contributed by atoms with Crippen molar-refractivity contribution in [2.45, 2.75) is 128 Å². The van der Waals surface area contributed by atoms with E-state index in [1.54, 1.807) is 57.2 Å². The SMILES string of the molecule is CC(=O)O[C@@]12CO[C@@H]1C[C@H](O)[C@@]1(C)C(=O)[C@H](O)C3=C(C)[C@@H](OC(=O)[C@H](OC(=O)CN(C)CC(=O)O)[C@@H](NC(=O)OC(C)(C)C)c4ccccc4)C[C@@](O)([C@@H](OC(=O)c4ccccc4)[C@H]21)C3(C)C. The second-order valence-electron chi connectivity index (χ2n) is 19.6. The summed E-state index contributed by atoms with van der Waals surface area (Å²) in [5, 5.41) is 49.9. The third kappa shape index (κ3) is 9.56. The minimum Gasteiger partial charge on any atom is -0.480 e. The molecule has 3 aliphatic carbocycles. The molecule has 1 heterocycles. The Bertz CT molecular complexity index is 2290. The topological polar surface area (TPSA) is 271 Å². The molecule has 11 atom stereocenters. The van der Waals surface area contributed by atoms with Gasteiger partial charge in [-0.25, -0.2) is 14.4 Å². The van der Waals surface area contributed by atoms with E-state index >= 15 is 4.79 Å². The molecular weight excluding hydrogens is 877 g/mol. The first-order valence-corrected chi connectivity index (χ1v) is 21.9. The molecule has 364 valence electrons. The Balaban J connectivity index is 1.52. The van der Waals surface area contributed by atoms with E-state index in [1.807, 2.05) is 0 Å². The van der Waals surface area contributed by atoms with Crippen molar-refractivity contribution < 1.29 is 82.4 Å². The standard InChI is InChI=1S/C48H60N2O17/c1-25-29(63-42(59)37(64-33(55)23-50(9)22-32(53)54)35(27-16-12-10-13-17-27)49-43(60)67-44(3,4)5)21-48(61)40(65-41(58)28-18-14-11-15-19-28)38-46(8,39(57)36(56)34(25)45(48,6)7)30(52)20-31-47(38,24-62-31)66-26(2)51/h10-19,29-31,35-38,40,52,56,61H,20-24H2,1-9H3,(H,49,60)(H,53,54)/t29-,30-,31+,35-,36+,37+,38-,40-,46+,47-,48+/m0/s1. The Morgan fingerprint density at radius 3 is 2.10 bits per heavy atom. The van der Waals surface area contributed by atoms with Gasteiger partial charge in [0.25, 0.3) is 0 Å². The number of aliphatic hydroxyl groups excluding tert-OH is 2. The van der Waals surface area contributed by atoms with Crippen molar-refractivity contribution in [3.8, 4) is 0 Å². The van der Waals surface area contributed by atoms with E-state index in [0.29, 0.717) is 0 Å². The number of carbonyl (C=O) groups excluding carboxylic acids is 6. The lowest BCUT2D eigenvalue weighted by Crippen LogP contribution is -2.81. The lowest BCUT2D eigenvalue weighted by molar-refractivity contribution is -0.346. The van der Waals surface area contributed by atoms with Crippen LogP contribution in [0, 0.1) is 16.7 Å². The number of carboxylic acid groups (broad SMARTS) is 1. The van der Waals surface area contributed by atoms with Crippen LogP contribution < -0.4 is 5.32 Å². The van der Waals surface area contributed by atoms with Gasteiger partial charge in [0, 0.05) is 25.2 Å². The Morgan fingerprint density at radius 1 is 0.940 bits per heavy atom. The molecule has 2 aromatic rings. The van der Waals surface area contributed by atoms with Crippen molar-refractivity contribution in [1.29, 1.82) is 0 Å². The molecule has 1 aliphatic heterocycles. The zero-order valence-corrected chi connectivity index (χ0v) is 39.0. The number of hydrogen-bond acceptors (Lipinski definition) is 17. The van der Waals surface area contributed by atoms with Crippen LogP contribution in [0.3, 0.4) is 0 Å². The minimum atomic E-state index is -2.46. The van der Waals surface area contributed by atoms with Gasteiger partial charge in [-0.15, -0.1) is 0 Å². The number of amides is 1. The molecule has 2 bridgehead atoms. The monoisotopic (exact) mass is 936 g/mol. The molecule has 1 saturated heterocycles. The third-order valence-corrected chi connectivity index (χ3v) is 13.6. The van der Waals surface area contributed by atoms with Gasteiger partial charge in [-0.3, -0.25) is 24.1 Å². The maximum Gasteiger partial charge on any atom is 0.408 e. The molecule has 1 amide bonds. The number of hydrogen-bond donors (Lipinski definition) is 5. The maximum atomic E-state index is 15.2. The first-order chi connectivity index (χ1) is 31.2. The van der Waals surface area contributed by atoms with Crippen molar-refractivity contribution in [3.63, 3.8) is 0 Å². The summed E-state index contributed by atoms with van der Waals surface area (Å²) in [6.07, 6.45) is -12.2. The van der Waals surface area contributed by atoms with Crippen molar-refractivity contribution in [3.05, 3.63) is 82.9 Å². The lowest BCUT2D eigenvalue weighted by atomic mass is 9.44. The number of Topliss-reactive ketones (excluding diaryl/α,β-unsaturated/α-hetero) is 1. The molecule has 4 aliphatic rings. The number of rotatable bonds is 13. The molecule has 67 heavy (non-hydrogen) atoms. The van der Waals surface area contributed by atoms with Crippen LogP contribution in [0.15, 0.2) is 71.8 Å². The summed E-state index contributed by atoms with van der Waals surface area (Å²) >= 11 is 0. The normalized spacial score (nSPS) is 30.7. The highest BCUT2D eigenvalue weighted by Crippen LogP contribution is 2.64. The number of ketones is 1. The van der Waals surface area contributed by atoms with Crippen LogP contribution in [0.5, 0.6) is 0 Å². The van der Waals surface area contributed by atoms with Crippen LogP contribution in [0.4, 0.5) is 4.79 Å². The number of aliphatic carboxylic acids is 1. The molecule has 2 saturated carbocycles. The van der Waals surface area contributed by atoms with Crippen molar-refractivity contribution in [1.82, 2.24) is 10.2 Å². The van der Waals surface area contributed by atoms with Crippen LogP contribution in [0.2, 0.25) is 0 Å².